The largest absolute Gasteiger partial charge is 0.480 e. The topological polar surface area (TPSA) is 92.5 Å². The predicted octanol–water partition coefficient (Wildman–Crippen LogP) is 3.44. The number of carboxylic acids is 1. The van der Waals surface area contributed by atoms with E-state index in [0.29, 0.717) is 18.9 Å². The number of halogens is 2. The lowest BCUT2D eigenvalue weighted by molar-refractivity contribution is -0.384. The molecule has 0 amide bonds. The summed E-state index contributed by atoms with van der Waals surface area (Å²) in [7, 11) is 0. The Balaban J connectivity index is 3.07. The van der Waals surface area contributed by atoms with Gasteiger partial charge in [0.05, 0.1) is 16.0 Å². The molecule has 0 saturated carbocycles. The number of nitrogens with zero attached hydrogens (tertiary/aromatic N) is 1. The summed E-state index contributed by atoms with van der Waals surface area (Å²) >= 11 is 5.57. The molecule has 0 bridgehead atoms. The highest BCUT2D eigenvalue weighted by atomic mass is 35.5. The number of benzene rings is 1. The number of nitro benzene ring substituents is 1. The highest BCUT2D eigenvalue weighted by Crippen LogP contribution is 2.31. The molecule has 1 unspecified atom stereocenters. The van der Waals surface area contributed by atoms with Crippen LogP contribution in [0.1, 0.15) is 26.2 Å². The molecule has 0 aromatic heterocycles. The molecule has 1 aromatic rings. The van der Waals surface area contributed by atoms with E-state index < -0.39 is 28.4 Å². The van der Waals surface area contributed by atoms with Gasteiger partial charge in [0.25, 0.3) is 5.69 Å². The molecule has 0 spiro atoms. The average Bonchev–Trinajstić information content (AvgIpc) is 2.37. The first kappa shape index (κ1) is 16.2. The molecule has 0 fully saturated rings. The van der Waals surface area contributed by atoms with Crippen LogP contribution in [0, 0.1) is 15.9 Å². The second kappa shape index (κ2) is 7.04. The van der Waals surface area contributed by atoms with Gasteiger partial charge in [0.15, 0.2) is 0 Å². The van der Waals surface area contributed by atoms with Crippen molar-refractivity contribution in [2.45, 2.75) is 32.2 Å². The zero-order valence-corrected chi connectivity index (χ0v) is 11.5. The van der Waals surface area contributed by atoms with Gasteiger partial charge in [-0.1, -0.05) is 31.4 Å². The van der Waals surface area contributed by atoms with Crippen molar-refractivity contribution in [3.05, 3.63) is 33.1 Å². The third kappa shape index (κ3) is 4.06. The molecule has 0 aliphatic rings. The van der Waals surface area contributed by atoms with Crippen molar-refractivity contribution in [3.8, 4) is 0 Å². The van der Waals surface area contributed by atoms with Gasteiger partial charge in [-0.3, -0.25) is 10.1 Å². The molecule has 0 radical (unpaired) electrons. The average molecular weight is 305 g/mol. The van der Waals surface area contributed by atoms with Crippen molar-refractivity contribution in [1.82, 2.24) is 0 Å². The first-order valence-corrected chi connectivity index (χ1v) is 6.37. The molecule has 0 heterocycles. The Morgan fingerprint density at radius 3 is 2.75 bits per heavy atom. The van der Waals surface area contributed by atoms with Crippen molar-refractivity contribution >= 4 is 28.9 Å². The standard InChI is InChI=1S/C12H14ClFN2O4/c1-2-3-4-9(12(17)18)15-10-5-7(13)8(14)6-11(10)16(19)20/h5-6,9,15H,2-4H2,1H3,(H,17,18). The fourth-order valence-electron chi connectivity index (χ4n) is 1.66. The Morgan fingerprint density at radius 1 is 1.60 bits per heavy atom. The van der Waals surface area contributed by atoms with E-state index in [1.165, 1.54) is 0 Å². The minimum Gasteiger partial charge on any atom is -0.480 e. The van der Waals surface area contributed by atoms with Crippen LogP contribution in [0.5, 0.6) is 0 Å². The molecule has 0 aliphatic heterocycles. The van der Waals surface area contributed by atoms with Gasteiger partial charge in [-0.2, -0.15) is 0 Å². The highest BCUT2D eigenvalue weighted by molar-refractivity contribution is 6.31. The summed E-state index contributed by atoms with van der Waals surface area (Å²) < 4.78 is 13.2. The minimum absolute atomic E-state index is 0.107. The molecule has 2 N–H and O–H groups in total. The van der Waals surface area contributed by atoms with Gasteiger partial charge in [0.2, 0.25) is 0 Å². The third-order valence-corrected chi connectivity index (χ3v) is 3.00. The summed E-state index contributed by atoms with van der Waals surface area (Å²) in [6.07, 6.45) is 1.74. The SMILES string of the molecule is CCCCC(Nc1cc(Cl)c(F)cc1[N+](=O)[O-])C(=O)O. The number of nitro groups is 1. The lowest BCUT2D eigenvalue weighted by Gasteiger charge is -2.15. The van der Waals surface area contributed by atoms with Crippen LogP contribution in [-0.4, -0.2) is 22.0 Å². The maximum atomic E-state index is 13.2. The van der Waals surface area contributed by atoms with E-state index in [9.17, 15) is 19.3 Å². The summed E-state index contributed by atoms with van der Waals surface area (Å²) in [5, 5.41) is 22.2. The lowest BCUT2D eigenvalue weighted by atomic mass is 10.1. The van der Waals surface area contributed by atoms with E-state index in [-0.39, 0.29) is 10.7 Å². The Labute approximate surface area is 119 Å². The molecule has 1 rings (SSSR count). The normalized spacial score (nSPS) is 11.9. The number of carbonyl (C=O) groups is 1. The monoisotopic (exact) mass is 304 g/mol. The lowest BCUT2D eigenvalue weighted by Crippen LogP contribution is -2.29. The smallest absolute Gasteiger partial charge is 0.326 e. The number of carboxylic acid groups (broad SMARTS) is 1. The van der Waals surface area contributed by atoms with Gasteiger partial charge in [0, 0.05) is 0 Å². The van der Waals surface area contributed by atoms with Crippen LogP contribution in [0.4, 0.5) is 15.8 Å². The molecule has 110 valence electrons. The second-order valence-electron chi connectivity index (χ2n) is 4.22. The summed E-state index contributed by atoms with van der Waals surface area (Å²) in [6.45, 7) is 1.90. The van der Waals surface area contributed by atoms with Gasteiger partial charge in [-0.05, 0) is 12.5 Å². The van der Waals surface area contributed by atoms with E-state index in [1.54, 1.807) is 0 Å². The van der Waals surface area contributed by atoms with Gasteiger partial charge >= 0.3 is 5.97 Å². The maximum absolute atomic E-state index is 13.2. The van der Waals surface area contributed by atoms with E-state index in [2.05, 4.69) is 5.32 Å². The van der Waals surface area contributed by atoms with Gasteiger partial charge in [-0.15, -0.1) is 0 Å². The van der Waals surface area contributed by atoms with Crippen LogP contribution in [-0.2, 0) is 4.79 Å². The number of nitrogens with one attached hydrogen (secondary N) is 1. The van der Waals surface area contributed by atoms with E-state index in [0.717, 1.165) is 12.5 Å². The van der Waals surface area contributed by atoms with Crippen molar-refractivity contribution < 1.29 is 19.2 Å². The number of hydrogen-bond acceptors (Lipinski definition) is 4. The van der Waals surface area contributed by atoms with E-state index in [1.807, 2.05) is 6.92 Å². The third-order valence-electron chi connectivity index (χ3n) is 2.71. The van der Waals surface area contributed by atoms with E-state index in [4.69, 9.17) is 16.7 Å². The van der Waals surface area contributed by atoms with Crippen molar-refractivity contribution in [2.75, 3.05) is 5.32 Å². The molecule has 0 aliphatic carbocycles. The van der Waals surface area contributed by atoms with Gasteiger partial charge in [-0.25, -0.2) is 9.18 Å². The number of hydrogen-bond donors (Lipinski definition) is 2. The Kier molecular flexibility index (Phi) is 5.69. The molecule has 8 heteroatoms. The quantitative estimate of drug-likeness (QED) is 0.594. The van der Waals surface area contributed by atoms with Crippen LogP contribution in [0.3, 0.4) is 0 Å². The molecular weight excluding hydrogens is 291 g/mol. The Bertz CT molecular complexity index is 524. The zero-order valence-electron chi connectivity index (χ0n) is 10.7. The molecular formula is C12H14ClFN2O4. The minimum atomic E-state index is -1.13. The van der Waals surface area contributed by atoms with Crippen molar-refractivity contribution in [1.29, 1.82) is 0 Å². The first-order valence-electron chi connectivity index (χ1n) is 5.99. The summed E-state index contributed by atoms with van der Waals surface area (Å²) in [6, 6.07) is 0.704. The number of anilines is 1. The Morgan fingerprint density at radius 2 is 2.25 bits per heavy atom. The van der Waals surface area contributed by atoms with Crippen LogP contribution in [0.15, 0.2) is 12.1 Å². The fraction of sp³-hybridized carbons (Fsp3) is 0.417. The van der Waals surface area contributed by atoms with Gasteiger partial charge < -0.3 is 10.4 Å². The number of unbranched alkanes of at least 4 members (excludes halogenated alkanes) is 1. The predicted molar refractivity (Wildman–Crippen MR) is 72.6 cm³/mol. The summed E-state index contributed by atoms with van der Waals surface area (Å²) in [5.74, 6) is -2.06. The molecule has 0 saturated heterocycles. The second-order valence-corrected chi connectivity index (χ2v) is 4.63. The molecule has 1 atom stereocenters. The van der Waals surface area contributed by atoms with Crippen molar-refractivity contribution in [3.63, 3.8) is 0 Å². The molecule has 20 heavy (non-hydrogen) atoms. The summed E-state index contributed by atoms with van der Waals surface area (Å²) in [5.41, 5.74) is -0.653. The number of aliphatic carboxylic acids is 1. The fourth-order valence-corrected chi connectivity index (χ4v) is 1.82. The highest BCUT2D eigenvalue weighted by Gasteiger charge is 2.23. The van der Waals surface area contributed by atoms with Crippen LogP contribution in [0.25, 0.3) is 0 Å². The van der Waals surface area contributed by atoms with Crippen LogP contribution in [0.2, 0.25) is 5.02 Å². The maximum Gasteiger partial charge on any atom is 0.326 e. The van der Waals surface area contributed by atoms with E-state index >= 15 is 0 Å². The Hall–Kier alpha value is -1.89. The zero-order chi connectivity index (χ0) is 15.3. The molecule has 6 nitrogen and oxygen atoms in total. The first-order chi connectivity index (χ1) is 9.36. The van der Waals surface area contributed by atoms with Crippen LogP contribution < -0.4 is 5.32 Å². The van der Waals surface area contributed by atoms with Crippen LogP contribution >= 0.6 is 11.6 Å². The number of rotatable bonds is 7. The molecule has 1 aromatic carbocycles. The van der Waals surface area contributed by atoms with Crippen molar-refractivity contribution in [2.24, 2.45) is 0 Å². The van der Waals surface area contributed by atoms with Gasteiger partial charge in [0.1, 0.15) is 17.5 Å². The summed E-state index contributed by atoms with van der Waals surface area (Å²) in [4.78, 5) is 21.2.